The largest absolute Gasteiger partial charge is 0.493 e. The maximum atomic E-state index is 12.5. The molecule has 0 aliphatic rings. The van der Waals surface area contributed by atoms with Crippen molar-refractivity contribution in [3.8, 4) is 17.2 Å². The first-order valence-corrected chi connectivity index (χ1v) is 10.6. The zero-order valence-electron chi connectivity index (χ0n) is 18.5. The van der Waals surface area contributed by atoms with Crippen molar-refractivity contribution in [2.45, 2.75) is 13.3 Å². The molecule has 0 spiro atoms. The lowest BCUT2D eigenvalue weighted by molar-refractivity contribution is -0.119. The van der Waals surface area contributed by atoms with Gasteiger partial charge in [-0.1, -0.05) is 36.2 Å². The molecule has 0 saturated carbocycles. The molecule has 0 aliphatic carbocycles. The summed E-state index contributed by atoms with van der Waals surface area (Å²) in [6.45, 7) is 2.97. The number of likely N-dealkylation sites (N-methyl/N-ethyl adjacent to an activating group) is 1. The van der Waals surface area contributed by atoms with Crippen LogP contribution in [-0.2, 0) is 9.59 Å². The Balaban J connectivity index is 1.94. The molecule has 0 bridgehead atoms. The zero-order chi connectivity index (χ0) is 23.7. The second-order valence-corrected chi connectivity index (χ2v) is 7.54. The number of methoxy groups -OCH3 is 3. The summed E-state index contributed by atoms with van der Waals surface area (Å²) in [6, 6.07) is 8.29. The van der Waals surface area contributed by atoms with Crippen LogP contribution in [0.15, 0.2) is 30.3 Å². The van der Waals surface area contributed by atoms with E-state index in [1.165, 1.54) is 21.3 Å². The van der Waals surface area contributed by atoms with E-state index in [0.29, 0.717) is 51.8 Å². The Labute approximate surface area is 197 Å². The molecule has 0 fully saturated rings. The molecule has 174 valence electrons. The number of carbonyl (C=O) groups is 2. The van der Waals surface area contributed by atoms with Crippen LogP contribution in [-0.4, -0.2) is 57.7 Å². The smallest absolute Gasteiger partial charge is 0.238 e. The minimum Gasteiger partial charge on any atom is -0.493 e. The summed E-state index contributed by atoms with van der Waals surface area (Å²) < 4.78 is 15.9. The third-order valence-electron chi connectivity index (χ3n) is 4.65. The van der Waals surface area contributed by atoms with Crippen molar-refractivity contribution in [3.05, 3.63) is 40.4 Å². The maximum Gasteiger partial charge on any atom is 0.238 e. The molecule has 32 heavy (non-hydrogen) atoms. The monoisotopic (exact) mass is 483 g/mol. The van der Waals surface area contributed by atoms with Gasteiger partial charge in [0.2, 0.25) is 17.6 Å². The molecule has 2 amide bonds. The molecule has 0 saturated heterocycles. The van der Waals surface area contributed by atoms with Gasteiger partial charge in [-0.2, -0.15) is 0 Å². The Morgan fingerprint density at radius 1 is 0.938 bits per heavy atom. The molecule has 0 atom stereocenters. The number of halogens is 2. The Bertz CT molecular complexity index is 910. The predicted octanol–water partition coefficient (Wildman–Crippen LogP) is 4.31. The summed E-state index contributed by atoms with van der Waals surface area (Å²) in [5.41, 5.74) is 0.885. The maximum absolute atomic E-state index is 12.5. The first kappa shape index (κ1) is 25.6. The summed E-state index contributed by atoms with van der Waals surface area (Å²) in [6.07, 6.45) is 0.185. The first-order chi connectivity index (χ1) is 15.3. The van der Waals surface area contributed by atoms with Crippen molar-refractivity contribution in [3.63, 3.8) is 0 Å². The fourth-order valence-electron chi connectivity index (χ4n) is 2.98. The van der Waals surface area contributed by atoms with Crippen molar-refractivity contribution in [1.29, 1.82) is 0 Å². The fourth-order valence-corrected chi connectivity index (χ4v) is 3.48. The Morgan fingerprint density at radius 3 is 2.03 bits per heavy atom. The van der Waals surface area contributed by atoms with Crippen LogP contribution in [0.4, 0.5) is 11.4 Å². The van der Waals surface area contributed by atoms with Crippen LogP contribution in [0.25, 0.3) is 0 Å². The molecule has 8 nitrogen and oxygen atoms in total. The molecule has 2 aromatic rings. The van der Waals surface area contributed by atoms with Crippen LogP contribution in [0.1, 0.15) is 13.3 Å². The van der Waals surface area contributed by atoms with Gasteiger partial charge in [0, 0.05) is 30.8 Å². The van der Waals surface area contributed by atoms with E-state index in [1.807, 2.05) is 11.8 Å². The summed E-state index contributed by atoms with van der Waals surface area (Å²) in [4.78, 5) is 26.7. The lowest BCUT2D eigenvalue weighted by Gasteiger charge is -2.20. The third-order valence-corrected chi connectivity index (χ3v) is 5.28. The SMILES string of the molecule is CCN(CCC(=O)Nc1cc(OC)c(OC)c(OC)c1)CC(=O)Nc1c(Cl)cccc1Cl. The zero-order valence-corrected chi connectivity index (χ0v) is 20.0. The second kappa shape index (κ2) is 12.4. The number of para-hydroxylation sites is 1. The standard InChI is InChI=1S/C22H27Cl2N3O5/c1-5-27(13-20(29)26-21-15(23)7-6-8-16(21)24)10-9-19(28)25-14-11-17(30-2)22(32-4)18(12-14)31-3/h6-8,11-12H,5,9-10,13H2,1-4H3,(H,25,28)(H,26,29). The number of ether oxygens (including phenoxy) is 3. The summed E-state index contributed by atoms with van der Waals surface area (Å²) in [7, 11) is 4.51. The van der Waals surface area contributed by atoms with Gasteiger partial charge in [0.25, 0.3) is 0 Å². The van der Waals surface area contributed by atoms with Crippen LogP contribution in [0.3, 0.4) is 0 Å². The third kappa shape index (κ3) is 6.91. The number of hydrogen-bond acceptors (Lipinski definition) is 6. The minimum absolute atomic E-state index is 0.0928. The highest BCUT2D eigenvalue weighted by Crippen LogP contribution is 2.40. The second-order valence-electron chi connectivity index (χ2n) is 6.73. The Hall–Kier alpha value is -2.68. The van der Waals surface area contributed by atoms with E-state index in [1.54, 1.807) is 30.3 Å². The lowest BCUT2D eigenvalue weighted by atomic mass is 10.2. The minimum atomic E-state index is -0.271. The van der Waals surface area contributed by atoms with Gasteiger partial charge in [0.1, 0.15) is 0 Å². The van der Waals surface area contributed by atoms with Crippen molar-refractivity contribution in [1.82, 2.24) is 4.90 Å². The van der Waals surface area contributed by atoms with Gasteiger partial charge in [0.15, 0.2) is 11.5 Å². The van der Waals surface area contributed by atoms with Crippen molar-refractivity contribution < 1.29 is 23.8 Å². The highest BCUT2D eigenvalue weighted by atomic mass is 35.5. The number of carbonyl (C=O) groups excluding carboxylic acids is 2. The average molecular weight is 484 g/mol. The summed E-state index contributed by atoms with van der Waals surface area (Å²) >= 11 is 12.2. The van der Waals surface area contributed by atoms with Gasteiger partial charge in [-0.15, -0.1) is 0 Å². The number of nitrogens with zero attached hydrogens (tertiary/aromatic N) is 1. The molecule has 0 aromatic heterocycles. The van der Waals surface area contributed by atoms with Crippen LogP contribution in [0.2, 0.25) is 10.0 Å². The first-order valence-electron chi connectivity index (χ1n) is 9.88. The van der Waals surface area contributed by atoms with Crippen molar-refractivity contribution >= 4 is 46.4 Å². The fraction of sp³-hybridized carbons (Fsp3) is 0.364. The van der Waals surface area contributed by atoms with E-state index in [9.17, 15) is 9.59 Å². The number of anilines is 2. The van der Waals surface area contributed by atoms with Gasteiger partial charge in [-0.3, -0.25) is 14.5 Å². The van der Waals surface area contributed by atoms with E-state index in [-0.39, 0.29) is 24.8 Å². The average Bonchev–Trinajstić information content (AvgIpc) is 2.78. The number of benzene rings is 2. The van der Waals surface area contributed by atoms with Gasteiger partial charge in [0.05, 0.1) is 43.6 Å². The van der Waals surface area contributed by atoms with Crippen LogP contribution in [0.5, 0.6) is 17.2 Å². The molecule has 0 unspecified atom stereocenters. The van der Waals surface area contributed by atoms with E-state index in [4.69, 9.17) is 37.4 Å². The van der Waals surface area contributed by atoms with E-state index >= 15 is 0 Å². The quantitative estimate of drug-likeness (QED) is 0.494. The number of nitrogens with one attached hydrogen (secondary N) is 2. The summed E-state index contributed by atoms with van der Waals surface area (Å²) in [5, 5.41) is 6.26. The van der Waals surface area contributed by atoms with E-state index in [2.05, 4.69) is 10.6 Å². The molecular weight excluding hydrogens is 457 g/mol. The topological polar surface area (TPSA) is 89.1 Å². The molecule has 2 N–H and O–H groups in total. The van der Waals surface area contributed by atoms with Gasteiger partial charge in [-0.05, 0) is 18.7 Å². The molecular formula is C22H27Cl2N3O5. The molecule has 0 heterocycles. The van der Waals surface area contributed by atoms with E-state index < -0.39 is 0 Å². The number of rotatable bonds is 11. The number of hydrogen-bond donors (Lipinski definition) is 2. The molecule has 2 aromatic carbocycles. The Kier molecular flexibility index (Phi) is 9.90. The normalized spacial score (nSPS) is 10.6. The predicted molar refractivity (Wildman–Crippen MR) is 127 cm³/mol. The van der Waals surface area contributed by atoms with Crippen molar-refractivity contribution in [2.24, 2.45) is 0 Å². The summed E-state index contributed by atoms with van der Waals surface area (Å²) in [5.74, 6) is 0.827. The lowest BCUT2D eigenvalue weighted by Crippen LogP contribution is -2.35. The molecule has 0 radical (unpaired) electrons. The number of amides is 2. The van der Waals surface area contributed by atoms with Crippen LogP contribution in [0, 0.1) is 0 Å². The highest BCUT2D eigenvalue weighted by Gasteiger charge is 2.16. The van der Waals surface area contributed by atoms with Crippen LogP contribution < -0.4 is 24.8 Å². The Morgan fingerprint density at radius 2 is 1.53 bits per heavy atom. The van der Waals surface area contributed by atoms with Gasteiger partial charge in [-0.25, -0.2) is 0 Å². The van der Waals surface area contributed by atoms with Crippen LogP contribution >= 0.6 is 23.2 Å². The van der Waals surface area contributed by atoms with E-state index in [0.717, 1.165) is 0 Å². The van der Waals surface area contributed by atoms with Gasteiger partial charge >= 0.3 is 0 Å². The highest BCUT2D eigenvalue weighted by molar-refractivity contribution is 6.39. The molecule has 2 rings (SSSR count). The molecule has 10 heteroatoms. The van der Waals surface area contributed by atoms with Gasteiger partial charge < -0.3 is 24.8 Å². The van der Waals surface area contributed by atoms with Crippen molar-refractivity contribution in [2.75, 3.05) is 51.6 Å². The molecule has 0 aliphatic heterocycles.